The molecule has 2 aromatic rings. The first-order valence-electron chi connectivity index (χ1n) is 5.76. The molecule has 0 atom stereocenters. The molecule has 0 spiro atoms. The number of carboxylic acids is 1. The summed E-state index contributed by atoms with van der Waals surface area (Å²) in [7, 11) is 0. The van der Waals surface area contributed by atoms with Crippen LogP contribution in [0.1, 0.15) is 12.5 Å². The number of fused-ring (bicyclic) bond motifs is 1. The van der Waals surface area contributed by atoms with Gasteiger partial charge in [-0.25, -0.2) is 0 Å². The van der Waals surface area contributed by atoms with Crippen molar-refractivity contribution >= 4 is 22.8 Å². The van der Waals surface area contributed by atoms with Crippen molar-refractivity contribution < 1.29 is 14.6 Å². The van der Waals surface area contributed by atoms with Crippen LogP contribution in [0.4, 0.5) is 0 Å². The van der Waals surface area contributed by atoms with Gasteiger partial charge in [0.15, 0.2) is 0 Å². The summed E-state index contributed by atoms with van der Waals surface area (Å²) in [6, 6.07) is 11.6. The molecule has 92 valence electrons. The van der Waals surface area contributed by atoms with Crippen LogP contribution in [-0.2, 0) is 4.79 Å². The summed E-state index contributed by atoms with van der Waals surface area (Å²) in [5.74, 6) is -0.543. The van der Waals surface area contributed by atoms with Crippen molar-refractivity contribution in [2.24, 2.45) is 0 Å². The quantitative estimate of drug-likeness (QED) is 0.769. The van der Waals surface area contributed by atoms with Crippen LogP contribution in [0.5, 0.6) is 5.75 Å². The highest BCUT2D eigenvalue weighted by Gasteiger charge is 2.05. The summed E-state index contributed by atoms with van der Waals surface area (Å²) in [5, 5.41) is 12.5. The maximum absolute atomic E-state index is 10.5. The van der Waals surface area contributed by atoms with E-state index in [0.29, 0.717) is 12.4 Å². The van der Waals surface area contributed by atoms with Gasteiger partial charge in [-0.15, -0.1) is 0 Å². The summed E-state index contributed by atoms with van der Waals surface area (Å²) in [6.07, 6.45) is 2.53. The van der Waals surface area contributed by atoms with Crippen LogP contribution in [0, 0.1) is 0 Å². The van der Waals surface area contributed by atoms with E-state index < -0.39 is 5.97 Å². The van der Waals surface area contributed by atoms with Gasteiger partial charge in [0.1, 0.15) is 5.75 Å². The second-order valence-electron chi connectivity index (χ2n) is 3.78. The van der Waals surface area contributed by atoms with Crippen molar-refractivity contribution in [2.75, 3.05) is 6.61 Å². The molecule has 0 heterocycles. The number of benzene rings is 2. The van der Waals surface area contributed by atoms with E-state index in [1.165, 1.54) is 6.08 Å². The van der Waals surface area contributed by atoms with Gasteiger partial charge in [0.05, 0.1) is 12.6 Å². The molecular weight excluding hydrogens is 228 g/mol. The molecule has 2 rings (SSSR count). The minimum absolute atomic E-state index is 0.532. The summed E-state index contributed by atoms with van der Waals surface area (Å²) in [6.45, 7) is 2.42. The van der Waals surface area contributed by atoms with E-state index >= 15 is 0 Å². The highest BCUT2D eigenvalue weighted by atomic mass is 16.5. The molecule has 0 aliphatic heterocycles. The monoisotopic (exact) mass is 241 g/mol. The van der Waals surface area contributed by atoms with Crippen molar-refractivity contribution in [2.45, 2.75) is 6.92 Å². The average molecular weight is 241 g/mol. The first-order valence-corrected chi connectivity index (χ1v) is 5.76. The smallest absolute Gasteiger partial charge is 0.127 e. The maximum atomic E-state index is 10.5. The third kappa shape index (κ3) is 2.51. The van der Waals surface area contributed by atoms with Crippen LogP contribution in [0.25, 0.3) is 16.8 Å². The molecule has 0 radical (unpaired) electrons. The number of ether oxygens (including phenoxy) is 1. The second kappa shape index (κ2) is 5.36. The number of carboxylic acid groups (broad SMARTS) is 1. The fourth-order valence-electron chi connectivity index (χ4n) is 1.88. The van der Waals surface area contributed by atoms with Gasteiger partial charge in [-0.05, 0) is 35.9 Å². The lowest BCUT2D eigenvalue weighted by molar-refractivity contribution is -0.297. The molecule has 0 amide bonds. The third-order valence-electron chi connectivity index (χ3n) is 2.62. The van der Waals surface area contributed by atoms with Crippen LogP contribution in [0.2, 0.25) is 0 Å². The SMILES string of the molecule is CCOc1ccc2ccccc2c1/C=C/C(=O)[O-]. The first kappa shape index (κ1) is 12.2. The van der Waals surface area contributed by atoms with Gasteiger partial charge in [0.25, 0.3) is 0 Å². The Bertz CT molecular complexity index is 600. The van der Waals surface area contributed by atoms with Gasteiger partial charge >= 0.3 is 0 Å². The lowest BCUT2D eigenvalue weighted by Crippen LogP contribution is -2.18. The van der Waals surface area contributed by atoms with E-state index in [4.69, 9.17) is 4.74 Å². The normalized spacial score (nSPS) is 10.9. The number of hydrogen-bond donors (Lipinski definition) is 0. The van der Waals surface area contributed by atoms with Crippen molar-refractivity contribution in [3.8, 4) is 5.75 Å². The Morgan fingerprint density at radius 2 is 2.06 bits per heavy atom. The second-order valence-corrected chi connectivity index (χ2v) is 3.78. The van der Waals surface area contributed by atoms with Gasteiger partial charge in [-0.3, -0.25) is 0 Å². The molecule has 0 aliphatic carbocycles. The van der Waals surface area contributed by atoms with Gasteiger partial charge in [-0.1, -0.05) is 30.3 Å². The van der Waals surface area contributed by atoms with E-state index in [1.807, 2.05) is 43.3 Å². The Morgan fingerprint density at radius 3 is 2.78 bits per heavy atom. The van der Waals surface area contributed by atoms with Crippen molar-refractivity contribution in [1.29, 1.82) is 0 Å². The van der Waals surface area contributed by atoms with E-state index in [9.17, 15) is 9.90 Å². The van der Waals surface area contributed by atoms with Crippen molar-refractivity contribution in [3.63, 3.8) is 0 Å². The molecule has 0 bridgehead atoms. The summed E-state index contributed by atoms with van der Waals surface area (Å²) in [5.41, 5.74) is 0.763. The number of hydrogen-bond acceptors (Lipinski definition) is 3. The highest BCUT2D eigenvalue weighted by molar-refractivity contribution is 5.96. The van der Waals surface area contributed by atoms with E-state index in [-0.39, 0.29) is 0 Å². The zero-order valence-corrected chi connectivity index (χ0v) is 10.1. The highest BCUT2D eigenvalue weighted by Crippen LogP contribution is 2.29. The minimum Gasteiger partial charge on any atom is -0.545 e. The van der Waals surface area contributed by atoms with Gasteiger partial charge in [0, 0.05) is 5.56 Å². The van der Waals surface area contributed by atoms with Crippen LogP contribution in [0.3, 0.4) is 0 Å². The number of rotatable bonds is 4. The van der Waals surface area contributed by atoms with E-state index in [1.54, 1.807) is 0 Å². The molecule has 0 saturated heterocycles. The molecule has 0 saturated carbocycles. The predicted octanol–water partition coefficient (Wildman–Crippen LogP) is 2.00. The lowest BCUT2D eigenvalue weighted by atomic mass is 10.0. The van der Waals surface area contributed by atoms with Gasteiger partial charge in [-0.2, -0.15) is 0 Å². The number of carbonyl (C=O) groups is 1. The fraction of sp³-hybridized carbons (Fsp3) is 0.133. The molecule has 0 unspecified atom stereocenters. The summed E-state index contributed by atoms with van der Waals surface area (Å²) < 4.78 is 5.51. The summed E-state index contributed by atoms with van der Waals surface area (Å²) in [4.78, 5) is 10.5. The molecule has 0 fully saturated rings. The molecule has 2 aromatic carbocycles. The van der Waals surface area contributed by atoms with E-state index in [2.05, 4.69) is 0 Å². The van der Waals surface area contributed by atoms with E-state index in [0.717, 1.165) is 22.4 Å². The lowest BCUT2D eigenvalue weighted by Gasteiger charge is -2.10. The molecule has 0 aliphatic rings. The Morgan fingerprint density at radius 1 is 1.28 bits per heavy atom. The fourth-order valence-corrected chi connectivity index (χ4v) is 1.88. The average Bonchev–Trinajstić information content (AvgIpc) is 2.37. The van der Waals surface area contributed by atoms with Crippen LogP contribution in [0.15, 0.2) is 42.5 Å². The molecule has 3 nitrogen and oxygen atoms in total. The minimum atomic E-state index is -1.22. The maximum Gasteiger partial charge on any atom is 0.127 e. The topological polar surface area (TPSA) is 49.4 Å². The Kier molecular flexibility index (Phi) is 3.63. The predicted molar refractivity (Wildman–Crippen MR) is 69.2 cm³/mol. The Balaban J connectivity index is 2.62. The zero-order chi connectivity index (χ0) is 13.0. The molecular formula is C15H13O3-. The first-order chi connectivity index (χ1) is 8.72. The third-order valence-corrected chi connectivity index (χ3v) is 2.62. The van der Waals surface area contributed by atoms with Crippen molar-refractivity contribution in [3.05, 3.63) is 48.0 Å². The Hall–Kier alpha value is -2.29. The molecule has 18 heavy (non-hydrogen) atoms. The van der Waals surface area contributed by atoms with Crippen molar-refractivity contribution in [1.82, 2.24) is 0 Å². The van der Waals surface area contributed by atoms with Crippen LogP contribution in [-0.4, -0.2) is 12.6 Å². The van der Waals surface area contributed by atoms with Gasteiger partial charge in [0.2, 0.25) is 0 Å². The molecule has 0 N–H and O–H groups in total. The molecule has 3 heteroatoms. The zero-order valence-electron chi connectivity index (χ0n) is 10.1. The summed E-state index contributed by atoms with van der Waals surface area (Å²) >= 11 is 0. The van der Waals surface area contributed by atoms with Gasteiger partial charge < -0.3 is 14.6 Å². The van der Waals surface area contributed by atoms with Crippen LogP contribution < -0.4 is 9.84 Å². The number of carbonyl (C=O) groups excluding carboxylic acids is 1. The number of aliphatic carboxylic acids is 1. The van der Waals surface area contributed by atoms with Crippen LogP contribution >= 0.6 is 0 Å². The largest absolute Gasteiger partial charge is 0.545 e. The Labute approximate surface area is 105 Å². The standard InChI is InChI=1S/C15H14O3/c1-2-18-14-9-7-11-5-3-4-6-12(11)13(14)8-10-15(16)17/h3-10H,2H2,1H3,(H,16,17)/p-1/b10-8+. The molecule has 0 aromatic heterocycles.